The third-order valence-electron chi connectivity index (χ3n) is 3.12. The van der Waals surface area contributed by atoms with Crippen molar-refractivity contribution >= 4 is 16.9 Å². The second kappa shape index (κ2) is 3.85. The highest BCUT2D eigenvalue weighted by Crippen LogP contribution is 2.16. The van der Waals surface area contributed by atoms with Crippen LogP contribution in [-0.4, -0.2) is 29.1 Å². The van der Waals surface area contributed by atoms with Crippen LogP contribution in [0.4, 0.5) is 5.95 Å². The minimum atomic E-state index is -0.0916. The Morgan fingerprint density at radius 3 is 3.00 bits per heavy atom. The van der Waals surface area contributed by atoms with Gasteiger partial charge in [-0.25, -0.2) is 4.98 Å². The van der Waals surface area contributed by atoms with Crippen molar-refractivity contribution in [3.8, 4) is 0 Å². The fraction of sp³-hybridized carbons (Fsp3) is 0.333. The number of fused-ring (bicyclic) bond motifs is 1. The first-order valence-corrected chi connectivity index (χ1v) is 5.73. The highest BCUT2D eigenvalue weighted by Gasteiger charge is 2.21. The smallest absolute Gasteiger partial charge is 0.260 e. The zero-order valence-electron chi connectivity index (χ0n) is 9.39. The van der Waals surface area contributed by atoms with Gasteiger partial charge < -0.3 is 10.6 Å². The number of nitrogens with one attached hydrogen (secondary N) is 1. The lowest BCUT2D eigenvalue weighted by Gasteiger charge is -2.16. The third-order valence-corrected chi connectivity index (χ3v) is 3.12. The van der Waals surface area contributed by atoms with E-state index in [1.54, 1.807) is 6.07 Å². The zero-order chi connectivity index (χ0) is 11.8. The average molecular weight is 230 g/mol. The highest BCUT2D eigenvalue weighted by molar-refractivity contribution is 5.78. The Balaban J connectivity index is 2.09. The van der Waals surface area contributed by atoms with Crippen LogP contribution in [-0.2, 0) is 0 Å². The van der Waals surface area contributed by atoms with E-state index < -0.39 is 0 Å². The molecule has 5 heteroatoms. The van der Waals surface area contributed by atoms with Crippen molar-refractivity contribution in [1.82, 2.24) is 9.97 Å². The molecule has 1 aromatic carbocycles. The maximum atomic E-state index is 11.9. The number of rotatable bonds is 1. The minimum absolute atomic E-state index is 0.0916. The Hall–Kier alpha value is -1.88. The SMILES string of the molecule is NC1CCN(c2nc3ccccc3c(=O)[nH]2)C1. The van der Waals surface area contributed by atoms with Crippen molar-refractivity contribution in [1.29, 1.82) is 0 Å². The van der Waals surface area contributed by atoms with Crippen LogP contribution in [0.25, 0.3) is 10.9 Å². The summed E-state index contributed by atoms with van der Waals surface area (Å²) in [5.74, 6) is 0.627. The Bertz CT molecular complexity index is 607. The molecule has 0 radical (unpaired) electrons. The number of aromatic amines is 1. The van der Waals surface area contributed by atoms with E-state index in [2.05, 4.69) is 9.97 Å². The topological polar surface area (TPSA) is 75.0 Å². The normalized spacial score (nSPS) is 20.1. The van der Waals surface area contributed by atoms with Gasteiger partial charge in [-0.15, -0.1) is 0 Å². The summed E-state index contributed by atoms with van der Waals surface area (Å²) in [4.78, 5) is 21.2. The summed E-state index contributed by atoms with van der Waals surface area (Å²) in [5, 5.41) is 0.625. The molecular formula is C12H14N4O. The van der Waals surface area contributed by atoms with Crippen LogP contribution in [0, 0.1) is 0 Å². The van der Waals surface area contributed by atoms with Crippen LogP contribution in [0.15, 0.2) is 29.1 Å². The number of para-hydroxylation sites is 1. The lowest BCUT2D eigenvalue weighted by Crippen LogP contribution is -2.29. The monoisotopic (exact) mass is 230 g/mol. The predicted octanol–water partition coefficient (Wildman–Crippen LogP) is 0.460. The molecule has 1 saturated heterocycles. The molecule has 1 atom stereocenters. The molecule has 0 spiro atoms. The molecule has 0 aliphatic carbocycles. The standard InChI is InChI=1S/C12H14N4O/c13-8-5-6-16(7-8)12-14-10-4-2-1-3-9(10)11(17)15-12/h1-4,8H,5-7,13H2,(H,14,15,17). The van der Waals surface area contributed by atoms with Crippen LogP contribution in [0.5, 0.6) is 0 Å². The van der Waals surface area contributed by atoms with E-state index in [-0.39, 0.29) is 11.6 Å². The number of anilines is 1. The van der Waals surface area contributed by atoms with Gasteiger partial charge in [0.05, 0.1) is 10.9 Å². The van der Waals surface area contributed by atoms with Gasteiger partial charge in [0.1, 0.15) is 0 Å². The largest absolute Gasteiger partial charge is 0.341 e. The third kappa shape index (κ3) is 1.78. The molecule has 1 fully saturated rings. The summed E-state index contributed by atoms with van der Waals surface area (Å²) in [5.41, 5.74) is 6.49. The zero-order valence-corrected chi connectivity index (χ0v) is 9.39. The van der Waals surface area contributed by atoms with Crippen LogP contribution in [0.3, 0.4) is 0 Å². The van der Waals surface area contributed by atoms with Gasteiger partial charge in [0.2, 0.25) is 5.95 Å². The van der Waals surface area contributed by atoms with Crippen molar-refractivity contribution in [3.63, 3.8) is 0 Å². The van der Waals surface area contributed by atoms with Gasteiger partial charge in [0.25, 0.3) is 5.56 Å². The van der Waals surface area contributed by atoms with Gasteiger partial charge in [-0.1, -0.05) is 12.1 Å². The molecule has 1 aromatic heterocycles. The lowest BCUT2D eigenvalue weighted by molar-refractivity contribution is 0.750. The Morgan fingerprint density at radius 1 is 1.41 bits per heavy atom. The van der Waals surface area contributed by atoms with Crippen molar-refractivity contribution in [2.24, 2.45) is 5.73 Å². The van der Waals surface area contributed by atoms with Crippen molar-refractivity contribution in [3.05, 3.63) is 34.6 Å². The number of hydrogen-bond donors (Lipinski definition) is 2. The van der Waals surface area contributed by atoms with Crippen molar-refractivity contribution < 1.29 is 0 Å². The summed E-state index contributed by atoms with van der Waals surface area (Å²) in [7, 11) is 0. The maximum Gasteiger partial charge on any atom is 0.260 e. The van der Waals surface area contributed by atoms with Crippen LogP contribution >= 0.6 is 0 Å². The quantitative estimate of drug-likeness (QED) is 0.746. The molecule has 1 aliphatic rings. The van der Waals surface area contributed by atoms with Gasteiger partial charge in [-0.05, 0) is 18.6 Å². The van der Waals surface area contributed by atoms with E-state index in [9.17, 15) is 4.79 Å². The summed E-state index contributed by atoms with van der Waals surface area (Å²) in [6.07, 6.45) is 0.941. The Kier molecular flexibility index (Phi) is 2.33. The minimum Gasteiger partial charge on any atom is -0.341 e. The molecule has 3 rings (SSSR count). The molecule has 3 N–H and O–H groups in total. The molecule has 0 saturated carbocycles. The molecule has 0 bridgehead atoms. The molecule has 2 heterocycles. The van der Waals surface area contributed by atoms with Crippen molar-refractivity contribution in [2.45, 2.75) is 12.5 Å². The molecule has 1 unspecified atom stereocenters. The highest BCUT2D eigenvalue weighted by atomic mass is 16.1. The van der Waals surface area contributed by atoms with Gasteiger partial charge in [-0.2, -0.15) is 0 Å². The molecule has 5 nitrogen and oxygen atoms in total. The second-order valence-electron chi connectivity index (χ2n) is 4.40. The number of nitrogens with two attached hydrogens (primary N) is 1. The first kappa shape index (κ1) is 10.3. The predicted molar refractivity (Wildman–Crippen MR) is 67.2 cm³/mol. The Labute approximate surface area is 98.3 Å². The maximum absolute atomic E-state index is 11.9. The van der Waals surface area contributed by atoms with E-state index >= 15 is 0 Å². The van der Waals surface area contributed by atoms with E-state index in [0.29, 0.717) is 11.3 Å². The van der Waals surface area contributed by atoms with E-state index in [1.165, 1.54) is 0 Å². The fourth-order valence-corrected chi connectivity index (χ4v) is 2.20. The Morgan fingerprint density at radius 2 is 2.24 bits per heavy atom. The first-order chi connectivity index (χ1) is 8.24. The number of aromatic nitrogens is 2. The summed E-state index contributed by atoms with van der Waals surface area (Å²) < 4.78 is 0. The van der Waals surface area contributed by atoms with Gasteiger partial charge >= 0.3 is 0 Å². The fourth-order valence-electron chi connectivity index (χ4n) is 2.20. The number of H-pyrrole nitrogens is 1. The number of benzene rings is 1. The first-order valence-electron chi connectivity index (χ1n) is 5.73. The molecule has 17 heavy (non-hydrogen) atoms. The van der Waals surface area contributed by atoms with E-state index in [0.717, 1.165) is 25.0 Å². The van der Waals surface area contributed by atoms with Gasteiger partial charge in [0, 0.05) is 19.1 Å². The molecule has 2 aromatic rings. The number of hydrogen-bond acceptors (Lipinski definition) is 4. The summed E-state index contributed by atoms with van der Waals surface area (Å²) >= 11 is 0. The van der Waals surface area contributed by atoms with Crippen LogP contribution < -0.4 is 16.2 Å². The number of nitrogens with zero attached hydrogens (tertiary/aromatic N) is 2. The van der Waals surface area contributed by atoms with Crippen LogP contribution in [0.2, 0.25) is 0 Å². The molecule has 1 aliphatic heterocycles. The van der Waals surface area contributed by atoms with E-state index in [4.69, 9.17) is 5.73 Å². The molecular weight excluding hydrogens is 216 g/mol. The summed E-state index contributed by atoms with van der Waals surface area (Å²) in [6.45, 7) is 1.60. The van der Waals surface area contributed by atoms with Gasteiger partial charge in [0.15, 0.2) is 0 Å². The van der Waals surface area contributed by atoms with Gasteiger partial charge in [-0.3, -0.25) is 9.78 Å². The average Bonchev–Trinajstić information content (AvgIpc) is 2.76. The molecule has 88 valence electrons. The van der Waals surface area contributed by atoms with Crippen molar-refractivity contribution in [2.75, 3.05) is 18.0 Å². The lowest BCUT2D eigenvalue weighted by atomic mass is 10.2. The summed E-state index contributed by atoms with van der Waals surface area (Å²) in [6, 6.07) is 7.52. The van der Waals surface area contributed by atoms with E-state index in [1.807, 2.05) is 23.1 Å². The second-order valence-corrected chi connectivity index (χ2v) is 4.40. The van der Waals surface area contributed by atoms with Crippen LogP contribution in [0.1, 0.15) is 6.42 Å². The molecule has 0 amide bonds.